The van der Waals surface area contributed by atoms with Crippen molar-refractivity contribution in [2.75, 3.05) is 33.8 Å². The molecule has 1 aliphatic heterocycles. The zero-order chi connectivity index (χ0) is 14.5. The van der Waals surface area contributed by atoms with Crippen molar-refractivity contribution in [1.82, 2.24) is 0 Å². The highest BCUT2D eigenvalue weighted by Gasteiger charge is 2.64. The summed E-state index contributed by atoms with van der Waals surface area (Å²) >= 11 is 0. The van der Waals surface area contributed by atoms with E-state index >= 15 is 0 Å². The maximum atomic E-state index is 12.3. The zero-order valence-electron chi connectivity index (χ0n) is 12.5. The second kappa shape index (κ2) is 4.72. The first-order valence-corrected chi connectivity index (χ1v) is 7.62. The summed E-state index contributed by atoms with van der Waals surface area (Å²) in [7, 11) is 4.23. The third-order valence-electron chi connectivity index (χ3n) is 5.55. The molecule has 2 bridgehead atoms. The van der Waals surface area contributed by atoms with Crippen LogP contribution < -0.4 is 0 Å². The van der Waals surface area contributed by atoms with Gasteiger partial charge in [0.05, 0.1) is 32.5 Å². The molecule has 1 heterocycles. The Balaban J connectivity index is 1.57. The fourth-order valence-corrected chi connectivity index (χ4v) is 3.97. The van der Waals surface area contributed by atoms with Crippen LogP contribution in [-0.2, 0) is 19.1 Å². The molecule has 0 radical (unpaired) electrons. The van der Waals surface area contributed by atoms with Gasteiger partial charge in [0, 0.05) is 5.92 Å². The Kier molecular flexibility index (Phi) is 3.27. The van der Waals surface area contributed by atoms with Crippen LogP contribution in [0.1, 0.15) is 19.8 Å². The predicted molar refractivity (Wildman–Crippen MR) is 71.5 cm³/mol. The van der Waals surface area contributed by atoms with E-state index in [4.69, 9.17) is 9.47 Å². The van der Waals surface area contributed by atoms with Crippen LogP contribution in [0.5, 0.6) is 0 Å². The van der Waals surface area contributed by atoms with Gasteiger partial charge in [0.25, 0.3) is 0 Å². The molecular formula is C15H24NO4+. The Bertz CT molecular complexity index is 432. The Hall–Kier alpha value is -1.10. The fraction of sp³-hybridized carbons (Fsp3) is 0.867. The summed E-state index contributed by atoms with van der Waals surface area (Å²) < 4.78 is 11.6. The lowest BCUT2D eigenvalue weighted by molar-refractivity contribution is -0.888. The van der Waals surface area contributed by atoms with Crippen molar-refractivity contribution in [3.63, 3.8) is 0 Å². The molecule has 5 nitrogen and oxygen atoms in total. The lowest BCUT2D eigenvalue weighted by Crippen LogP contribution is -2.43. The van der Waals surface area contributed by atoms with Crippen LogP contribution in [0.3, 0.4) is 0 Å². The summed E-state index contributed by atoms with van der Waals surface area (Å²) in [6.07, 6.45) is 1.89. The second-order valence-corrected chi connectivity index (χ2v) is 7.07. The van der Waals surface area contributed by atoms with Gasteiger partial charge >= 0.3 is 11.9 Å². The van der Waals surface area contributed by atoms with E-state index in [1.807, 2.05) is 0 Å². The monoisotopic (exact) mass is 282 g/mol. The lowest BCUT2D eigenvalue weighted by atomic mass is 9.80. The van der Waals surface area contributed by atoms with E-state index in [0.29, 0.717) is 12.5 Å². The molecule has 0 amide bonds. The van der Waals surface area contributed by atoms with Crippen LogP contribution >= 0.6 is 0 Å². The van der Waals surface area contributed by atoms with E-state index in [2.05, 4.69) is 21.0 Å². The highest BCUT2D eigenvalue weighted by atomic mass is 16.6. The number of carbonyl (C=O) groups is 2. The molecule has 2 aliphatic carbocycles. The molecule has 2 saturated carbocycles. The van der Waals surface area contributed by atoms with Crippen LogP contribution in [0.4, 0.5) is 0 Å². The average molecular weight is 282 g/mol. The number of hydrogen-bond acceptors (Lipinski definition) is 4. The summed E-state index contributed by atoms with van der Waals surface area (Å²) in [5, 5.41) is 0. The van der Waals surface area contributed by atoms with Gasteiger partial charge < -0.3 is 14.0 Å². The van der Waals surface area contributed by atoms with Crippen molar-refractivity contribution >= 4 is 11.9 Å². The number of nitrogens with zero attached hydrogens (tertiary/aromatic N) is 1. The molecule has 1 saturated heterocycles. The molecule has 112 valence electrons. The van der Waals surface area contributed by atoms with Crippen molar-refractivity contribution in [2.24, 2.45) is 23.7 Å². The van der Waals surface area contributed by atoms with Crippen LogP contribution in [0.2, 0.25) is 0 Å². The highest BCUT2D eigenvalue weighted by molar-refractivity contribution is 5.85. The molecule has 0 aromatic heterocycles. The van der Waals surface area contributed by atoms with E-state index in [-0.39, 0.29) is 35.8 Å². The standard InChI is InChI=1S/C15H24NO4/c1-4-16(2,3)5-6-19-14(17)12-9-7-10-11(8-9)20-15(18)13(10)12/h9-13H,4-8H2,1-3H3/q+1/t9-,10-,11+,12-,13-/m0/s1. The topological polar surface area (TPSA) is 52.6 Å². The summed E-state index contributed by atoms with van der Waals surface area (Å²) in [5.41, 5.74) is 0. The normalized spacial score (nSPS) is 38.1. The number of hydrogen-bond donors (Lipinski definition) is 0. The van der Waals surface area contributed by atoms with Crippen molar-refractivity contribution < 1.29 is 23.5 Å². The van der Waals surface area contributed by atoms with E-state index in [0.717, 1.165) is 30.4 Å². The Labute approximate surface area is 119 Å². The number of esters is 2. The van der Waals surface area contributed by atoms with Gasteiger partial charge in [0.15, 0.2) is 0 Å². The molecule has 3 fully saturated rings. The molecule has 0 N–H and O–H groups in total. The molecule has 3 rings (SSSR count). The van der Waals surface area contributed by atoms with E-state index < -0.39 is 0 Å². The van der Waals surface area contributed by atoms with Crippen molar-refractivity contribution in [2.45, 2.75) is 25.9 Å². The van der Waals surface area contributed by atoms with Gasteiger partial charge in [-0.25, -0.2) is 0 Å². The Morgan fingerprint density at radius 1 is 1.40 bits per heavy atom. The number of rotatable bonds is 5. The number of carbonyl (C=O) groups excluding carboxylic acids is 2. The van der Waals surface area contributed by atoms with Gasteiger partial charge in [-0.05, 0) is 25.7 Å². The smallest absolute Gasteiger partial charge is 0.310 e. The first-order chi connectivity index (χ1) is 9.43. The SMILES string of the molecule is CC[N+](C)(C)CCOC(=O)[C@H]1[C@H]2C[C@@H]3[C@@H]1C(=O)O[C@@H]3C2. The molecule has 20 heavy (non-hydrogen) atoms. The predicted octanol–water partition coefficient (Wildman–Crippen LogP) is 0.824. The number of likely N-dealkylation sites (N-methyl/N-ethyl adjacent to an activating group) is 1. The van der Waals surface area contributed by atoms with Gasteiger partial charge in [-0.15, -0.1) is 0 Å². The maximum Gasteiger partial charge on any atom is 0.310 e. The van der Waals surface area contributed by atoms with Crippen molar-refractivity contribution in [1.29, 1.82) is 0 Å². The quantitative estimate of drug-likeness (QED) is 0.553. The molecule has 3 aliphatic rings. The van der Waals surface area contributed by atoms with Gasteiger partial charge in [-0.3, -0.25) is 9.59 Å². The zero-order valence-corrected chi connectivity index (χ0v) is 12.5. The van der Waals surface area contributed by atoms with E-state index in [1.165, 1.54) is 0 Å². The summed E-state index contributed by atoms with van der Waals surface area (Å²) in [6.45, 7) is 4.36. The molecule has 5 atom stereocenters. The summed E-state index contributed by atoms with van der Waals surface area (Å²) in [6, 6.07) is 0. The minimum atomic E-state index is -0.247. The summed E-state index contributed by atoms with van der Waals surface area (Å²) in [5.74, 6) is -0.263. The Morgan fingerprint density at radius 2 is 2.15 bits per heavy atom. The number of fused-ring (bicyclic) bond motifs is 1. The molecule has 0 aromatic carbocycles. The van der Waals surface area contributed by atoms with Crippen LogP contribution in [0.25, 0.3) is 0 Å². The Morgan fingerprint density at radius 3 is 2.85 bits per heavy atom. The van der Waals surface area contributed by atoms with Gasteiger partial charge in [0.1, 0.15) is 19.3 Å². The molecule has 0 aromatic rings. The fourth-order valence-electron chi connectivity index (χ4n) is 3.97. The minimum Gasteiger partial charge on any atom is -0.462 e. The summed E-state index contributed by atoms with van der Waals surface area (Å²) in [4.78, 5) is 24.2. The third-order valence-corrected chi connectivity index (χ3v) is 5.55. The van der Waals surface area contributed by atoms with E-state index in [1.54, 1.807) is 0 Å². The minimum absolute atomic E-state index is 0.0808. The number of ether oxygens (including phenoxy) is 2. The molecule has 0 unspecified atom stereocenters. The number of quaternary nitrogens is 1. The maximum absolute atomic E-state index is 12.3. The largest absolute Gasteiger partial charge is 0.462 e. The average Bonchev–Trinajstić information content (AvgIpc) is 2.99. The lowest BCUT2D eigenvalue weighted by Gasteiger charge is -2.28. The van der Waals surface area contributed by atoms with E-state index in [9.17, 15) is 9.59 Å². The van der Waals surface area contributed by atoms with Gasteiger partial charge in [0.2, 0.25) is 0 Å². The van der Waals surface area contributed by atoms with Crippen LogP contribution in [-0.4, -0.2) is 56.3 Å². The van der Waals surface area contributed by atoms with Crippen LogP contribution in [0.15, 0.2) is 0 Å². The van der Waals surface area contributed by atoms with Gasteiger partial charge in [-0.2, -0.15) is 0 Å². The first-order valence-electron chi connectivity index (χ1n) is 7.62. The van der Waals surface area contributed by atoms with Crippen molar-refractivity contribution in [3.05, 3.63) is 0 Å². The van der Waals surface area contributed by atoms with Gasteiger partial charge in [-0.1, -0.05) is 0 Å². The molecule has 5 heteroatoms. The van der Waals surface area contributed by atoms with Crippen LogP contribution in [0, 0.1) is 23.7 Å². The van der Waals surface area contributed by atoms with Crippen molar-refractivity contribution in [3.8, 4) is 0 Å². The molecule has 0 spiro atoms. The first kappa shape index (κ1) is 13.9. The molecular weight excluding hydrogens is 258 g/mol. The highest BCUT2D eigenvalue weighted by Crippen LogP contribution is 2.57. The second-order valence-electron chi connectivity index (χ2n) is 7.07. The third kappa shape index (κ3) is 2.12.